The number of H-pyrrole nitrogens is 1. The highest BCUT2D eigenvalue weighted by atomic mass is 35.5. The molecule has 0 radical (unpaired) electrons. The Kier molecular flexibility index (Phi) is 6.44. The van der Waals surface area contributed by atoms with Crippen LogP contribution in [0.2, 0.25) is 5.15 Å². The topological polar surface area (TPSA) is 152 Å². The summed E-state index contributed by atoms with van der Waals surface area (Å²) in [6.07, 6.45) is 4.77. The van der Waals surface area contributed by atoms with Gasteiger partial charge in [0.15, 0.2) is 11.6 Å². The van der Waals surface area contributed by atoms with Gasteiger partial charge in [0.1, 0.15) is 16.7 Å². The van der Waals surface area contributed by atoms with Crippen LogP contribution in [-0.2, 0) is 16.1 Å². The second-order valence-corrected chi connectivity index (χ2v) is 8.74. The highest BCUT2D eigenvalue weighted by Gasteiger charge is 2.37. The van der Waals surface area contributed by atoms with Crippen LogP contribution in [-0.4, -0.2) is 43.8 Å². The highest BCUT2D eigenvalue weighted by molar-refractivity contribution is 6.41. The van der Waals surface area contributed by atoms with Crippen LogP contribution < -0.4 is 20.7 Å². The largest absolute Gasteiger partial charge is 0.496 e. The molecule has 0 bridgehead atoms. The van der Waals surface area contributed by atoms with Gasteiger partial charge in [-0.15, -0.1) is 0 Å². The molecule has 1 aliphatic rings. The fraction of sp³-hybridized carbons (Fsp3) is 0.304. The number of nitrogens with two attached hydrogens (primary N) is 1. The molecule has 4 heterocycles. The van der Waals surface area contributed by atoms with Crippen molar-refractivity contribution in [1.82, 2.24) is 24.9 Å². The average Bonchev–Trinajstić information content (AvgIpc) is 3.33. The first-order valence-electron chi connectivity index (χ1n) is 10.8. The van der Waals surface area contributed by atoms with Gasteiger partial charge in [0.25, 0.3) is 5.91 Å². The minimum absolute atomic E-state index is 0.0423. The molecule has 0 atom stereocenters. The number of aromatic nitrogens is 5. The molecule has 0 aromatic carbocycles. The SMILES string of the molecule is COc1c(C)cnc(CN2C(=O)/C(=C/c3nc(NC(=O)C(C)C)c[nH]3)c3c(Cl)nc(N)nc32)c1C. The molecule has 0 unspecified atom stereocenters. The number of aryl methyl sites for hydroxylation is 1. The standard InChI is InChI=1S/C23H25ClN8O3/c1-10(2)21(33)29-16-8-27-15(28-16)6-13-17-19(24)30-23(25)31-20(17)32(22(13)34)9-14-12(4)18(35-5)11(3)7-26-14/h6-8,10H,9H2,1-5H3,(H,27,28)(H,29,33)(H2,25,30,31)/b13-6+. The quantitative estimate of drug-likeness (QED) is 0.347. The lowest BCUT2D eigenvalue weighted by molar-refractivity contribution is -0.119. The first-order valence-corrected chi connectivity index (χ1v) is 11.2. The Bertz CT molecular complexity index is 1370. The maximum Gasteiger partial charge on any atom is 0.260 e. The summed E-state index contributed by atoms with van der Waals surface area (Å²) >= 11 is 6.40. The van der Waals surface area contributed by atoms with Gasteiger partial charge < -0.3 is 20.8 Å². The average molecular weight is 497 g/mol. The first-order chi connectivity index (χ1) is 16.6. The van der Waals surface area contributed by atoms with Gasteiger partial charge in [-0.1, -0.05) is 25.4 Å². The van der Waals surface area contributed by atoms with E-state index in [1.807, 2.05) is 13.8 Å². The fourth-order valence-corrected chi connectivity index (χ4v) is 4.03. The van der Waals surface area contributed by atoms with E-state index in [0.29, 0.717) is 28.6 Å². The highest BCUT2D eigenvalue weighted by Crippen LogP contribution is 2.41. The summed E-state index contributed by atoms with van der Waals surface area (Å²) in [5.74, 6) is 0.853. The number of hydrogen-bond acceptors (Lipinski definition) is 8. The Morgan fingerprint density at radius 3 is 2.74 bits per heavy atom. The third-order valence-corrected chi connectivity index (χ3v) is 5.85. The van der Waals surface area contributed by atoms with Crippen molar-refractivity contribution in [3.05, 3.63) is 45.8 Å². The van der Waals surface area contributed by atoms with Gasteiger partial charge in [0, 0.05) is 29.4 Å². The van der Waals surface area contributed by atoms with Crippen molar-refractivity contribution in [2.45, 2.75) is 34.2 Å². The molecule has 182 valence electrons. The van der Waals surface area contributed by atoms with Crippen molar-refractivity contribution in [1.29, 1.82) is 0 Å². The number of ether oxygens (including phenoxy) is 1. The number of anilines is 3. The van der Waals surface area contributed by atoms with E-state index in [9.17, 15) is 9.59 Å². The number of hydrogen-bond donors (Lipinski definition) is 3. The molecular formula is C23H25ClN8O3. The summed E-state index contributed by atoms with van der Waals surface area (Å²) in [4.78, 5) is 47.1. The first kappa shape index (κ1) is 24.1. The number of imidazole rings is 1. The minimum Gasteiger partial charge on any atom is -0.496 e. The summed E-state index contributed by atoms with van der Waals surface area (Å²) in [7, 11) is 1.59. The van der Waals surface area contributed by atoms with Crippen molar-refractivity contribution in [2.24, 2.45) is 5.92 Å². The van der Waals surface area contributed by atoms with Gasteiger partial charge in [0.05, 0.1) is 30.5 Å². The number of methoxy groups -OCH3 is 1. The maximum atomic E-state index is 13.6. The van der Waals surface area contributed by atoms with Crippen LogP contribution in [0.5, 0.6) is 5.75 Å². The van der Waals surface area contributed by atoms with E-state index in [0.717, 1.165) is 11.1 Å². The lowest BCUT2D eigenvalue weighted by Gasteiger charge is -2.18. The molecule has 0 spiro atoms. The monoisotopic (exact) mass is 496 g/mol. The van der Waals surface area contributed by atoms with Crippen molar-refractivity contribution in [3.8, 4) is 5.75 Å². The van der Waals surface area contributed by atoms with Crippen LogP contribution in [0.3, 0.4) is 0 Å². The molecule has 4 N–H and O–H groups in total. The molecule has 3 aromatic heterocycles. The number of pyridine rings is 1. The molecule has 0 fully saturated rings. The number of rotatable bonds is 6. The normalized spacial score (nSPS) is 14.1. The number of halogens is 1. The lowest BCUT2D eigenvalue weighted by atomic mass is 10.1. The molecule has 3 aromatic rings. The number of fused-ring (bicyclic) bond motifs is 1. The smallest absolute Gasteiger partial charge is 0.260 e. The molecule has 11 nitrogen and oxygen atoms in total. The van der Waals surface area contributed by atoms with Crippen LogP contribution in [0, 0.1) is 19.8 Å². The number of carbonyl (C=O) groups is 2. The van der Waals surface area contributed by atoms with Gasteiger partial charge in [-0.2, -0.15) is 4.98 Å². The molecule has 12 heteroatoms. The van der Waals surface area contributed by atoms with Gasteiger partial charge in [0.2, 0.25) is 11.9 Å². The molecule has 0 saturated heterocycles. The van der Waals surface area contributed by atoms with Gasteiger partial charge in [-0.05, 0) is 19.9 Å². The number of nitrogens with one attached hydrogen (secondary N) is 2. The Labute approximate surface area is 206 Å². The number of carbonyl (C=O) groups excluding carboxylic acids is 2. The van der Waals surface area contributed by atoms with E-state index >= 15 is 0 Å². The predicted octanol–water partition coefficient (Wildman–Crippen LogP) is 3.14. The molecular weight excluding hydrogens is 472 g/mol. The Morgan fingerprint density at radius 2 is 2.06 bits per heavy atom. The summed E-state index contributed by atoms with van der Waals surface area (Å²) < 4.78 is 5.50. The van der Waals surface area contributed by atoms with E-state index in [-0.39, 0.29) is 46.8 Å². The predicted molar refractivity (Wildman–Crippen MR) is 133 cm³/mol. The maximum absolute atomic E-state index is 13.6. The van der Waals surface area contributed by atoms with Gasteiger partial charge in [-0.25, -0.2) is 9.97 Å². The summed E-state index contributed by atoms with van der Waals surface area (Å²) in [5.41, 5.74) is 8.75. The van der Waals surface area contributed by atoms with Crippen LogP contribution in [0.4, 0.5) is 17.6 Å². The van der Waals surface area contributed by atoms with Crippen LogP contribution in [0.1, 0.15) is 42.1 Å². The van der Waals surface area contributed by atoms with Crippen LogP contribution >= 0.6 is 11.6 Å². The Balaban J connectivity index is 1.74. The van der Waals surface area contributed by atoms with Crippen molar-refractivity contribution in [3.63, 3.8) is 0 Å². The van der Waals surface area contributed by atoms with E-state index in [2.05, 4.69) is 30.2 Å². The molecule has 1 aliphatic heterocycles. The second-order valence-electron chi connectivity index (χ2n) is 8.38. The van der Waals surface area contributed by atoms with E-state index < -0.39 is 0 Å². The molecule has 2 amide bonds. The number of nitrogens with zero attached hydrogens (tertiary/aromatic N) is 5. The zero-order valence-electron chi connectivity index (χ0n) is 19.9. The van der Waals surface area contributed by atoms with E-state index in [1.165, 1.54) is 17.2 Å². The van der Waals surface area contributed by atoms with Gasteiger partial charge >= 0.3 is 0 Å². The molecule has 0 aliphatic carbocycles. The minimum atomic E-state index is -0.369. The number of amides is 2. The Morgan fingerprint density at radius 1 is 1.31 bits per heavy atom. The molecule has 4 rings (SSSR count). The fourth-order valence-electron chi connectivity index (χ4n) is 3.76. The summed E-state index contributed by atoms with van der Waals surface area (Å²) in [6.45, 7) is 7.45. The zero-order chi connectivity index (χ0) is 25.4. The van der Waals surface area contributed by atoms with E-state index in [1.54, 1.807) is 27.2 Å². The van der Waals surface area contributed by atoms with Crippen molar-refractivity contribution < 1.29 is 14.3 Å². The lowest BCUT2D eigenvalue weighted by Crippen LogP contribution is -2.27. The van der Waals surface area contributed by atoms with Gasteiger partial charge in [-0.3, -0.25) is 19.5 Å². The molecule has 0 saturated carbocycles. The second kappa shape index (κ2) is 9.34. The van der Waals surface area contributed by atoms with E-state index in [4.69, 9.17) is 22.1 Å². The number of aromatic amines is 1. The van der Waals surface area contributed by atoms with Crippen molar-refractivity contribution in [2.75, 3.05) is 23.1 Å². The number of nitrogen functional groups attached to an aromatic ring is 1. The summed E-state index contributed by atoms with van der Waals surface area (Å²) in [5, 5.41) is 2.75. The Hall–Kier alpha value is -3.99. The summed E-state index contributed by atoms with van der Waals surface area (Å²) in [6, 6.07) is 0. The zero-order valence-corrected chi connectivity index (χ0v) is 20.7. The van der Waals surface area contributed by atoms with Crippen LogP contribution in [0.15, 0.2) is 12.4 Å². The third-order valence-electron chi connectivity index (χ3n) is 5.58. The van der Waals surface area contributed by atoms with Crippen LogP contribution in [0.25, 0.3) is 11.6 Å². The molecule has 35 heavy (non-hydrogen) atoms. The van der Waals surface area contributed by atoms with Crippen molar-refractivity contribution >= 4 is 52.6 Å². The third kappa shape index (κ3) is 4.54.